The molecular weight excluding hydrogens is 431 g/mol. The molecule has 8 heteroatoms. The summed E-state index contributed by atoms with van der Waals surface area (Å²) in [7, 11) is -3.84. The van der Waals surface area contributed by atoms with Gasteiger partial charge in [-0.05, 0) is 67.4 Å². The molecule has 5 nitrogen and oxygen atoms in total. The summed E-state index contributed by atoms with van der Waals surface area (Å²) in [5.74, 6) is 0.315. The fraction of sp³-hybridized carbons (Fsp3) is 0.0952. The van der Waals surface area contributed by atoms with Crippen molar-refractivity contribution in [2.75, 3.05) is 4.72 Å². The normalized spacial score (nSPS) is 11.7. The molecule has 1 N–H and O–H groups in total. The van der Waals surface area contributed by atoms with Crippen LogP contribution in [-0.4, -0.2) is 13.4 Å². The Hall–Kier alpha value is -2.54. The van der Waals surface area contributed by atoms with Crippen molar-refractivity contribution in [3.63, 3.8) is 0 Å². The van der Waals surface area contributed by atoms with Gasteiger partial charge in [0.2, 0.25) is 5.89 Å². The van der Waals surface area contributed by atoms with E-state index in [0.717, 1.165) is 5.56 Å². The standard InChI is InChI=1S/C21H16Cl2N2O3S/c1-12-6-9-19-18(10-12)24-21(28-19)15-11-14(7-8-17(15)23)25-29(26,27)20-5-3-4-16(22)13(20)2/h3-11,25H,1-2H3. The van der Waals surface area contributed by atoms with E-state index in [1.54, 1.807) is 37.3 Å². The molecule has 148 valence electrons. The van der Waals surface area contributed by atoms with E-state index in [2.05, 4.69) is 9.71 Å². The van der Waals surface area contributed by atoms with Crippen LogP contribution in [0.2, 0.25) is 10.0 Å². The third-order valence-electron chi connectivity index (χ3n) is 4.50. The Morgan fingerprint density at radius 2 is 1.76 bits per heavy atom. The summed E-state index contributed by atoms with van der Waals surface area (Å²) < 4.78 is 34.1. The number of anilines is 1. The number of rotatable bonds is 4. The van der Waals surface area contributed by atoms with Crippen molar-refractivity contribution in [1.82, 2.24) is 4.98 Å². The van der Waals surface area contributed by atoms with Crippen LogP contribution in [0.5, 0.6) is 0 Å². The van der Waals surface area contributed by atoms with E-state index in [0.29, 0.717) is 43.9 Å². The van der Waals surface area contributed by atoms with Crippen molar-refractivity contribution in [2.24, 2.45) is 0 Å². The number of fused-ring (bicyclic) bond motifs is 1. The van der Waals surface area contributed by atoms with Gasteiger partial charge in [0, 0.05) is 10.7 Å². The van der Waals surface area contributed by atoms with E-state index < -0.39 is 10.0 Å². The summed E-state index contributed by atoms with van der Waals surface area (Å²) in [6.07, 6.45) is 0. The maximum Gasteiger partial charge on any atom is 0.262 e. The first-order valence-corrected chi connectivity index (χ1v) is 10.9. The predicted molar refractivity (Wildman–Crippen MR) is 116 cm³/mol. The summed E-state index contributed by atoms with van der Waals surface area (Å²) in [5, 5.41) is 0.779. The molecule has 1 heterocycles. The Morgan fingerprint density at radius 1 is 0.966 bits per heavy atom. The number of aromatic nitrogens is 1. The Balaban J connectivity index is 1.74. The van der Waals surface area contributed by atoms with E-state index in [9.17, 15) is 8.42 Å². The lowest BCUT2D eigenvalue weighted by Gasteiger charge is -2.12. The molecule has 4 aromatic rings. The number of hydrogen-bond acceptors (Lipinski definition) is 4. The van der Waals surface area contributed by atoms with Gasteiger partial charge in [-0.2, -0.15) is 0 Å². The topological polar surface area (TPSA) is 72.2 Å². The summed E-state index contributed by atoms with van der Waals surface area (Å²) in [6.45, 7) is 3.62. The van der Waals surface area contributed by atoms with Gasteiger partial charge in [-0.25, -0.2) is 13.4 Å². The van der Waals surface area contributed by atoms with Gasteiger partial charge in [-0.1, -0.05) is 35.3 Å². The lowest BCUT2D eigenvalue weighted by molar-refractivity contribution is 0.600. The van der Waals surface area contributed by atoms with Crippen LogP contribution in [0.25, 0.3) is 22.6 Å². The molecule has 0 amide bonds. The lowest BCUT2D eigenvalue weighted by atomic mass is 10.2. The van der Waals surface area contributed by atoms with Gasteiger partial charge in [-0.15, -0.1) is 0 Å². The van der Waals surface area contributed by atoms with Gasteiger partial charge < -0.3 is 4.42 Å². The van der Waals surface area contributed by atoms with Gasteiger partial charge >= 0.3 is 0 Å². The highest BCUT2D eigenvalue weighted by molar-refractivity contribution is 7.92. The summed E-state index contributed by atoms with van der Waals surface area (Å²) in [4.78, 5) is 4.59. The quantitative estimate of drug-likeness (QED) is 0.403. The highest BCUT2D eigenvalue weighted by Gasteiger charge is 2.20. The number of sulfonamides is 1. The van der Waals surface area contributed by atoms with Crippen LogP contribution in [0.1, 0.15) is 11.1 Å². The zero-order valence-electron chi connectivity index (χ0n) is 15.5. The first-order chi connectivity index (χ1) is 13.7. The van der Waals surface area contributed by atoms with Gasteiger partial charge in [0.1, 0.15) is 5.52 Å². The maximum atomic E-state index is 12.8. The molecule has 0 aliphatic heterocycles. The second kappa shape index (κ2) is 7.37. The van der Waals surface area contributed by atoms with Crippen molar-refractivity contribution in [1.29, 1.82) is 0 Å². The van der Waals surface area contributed by atoms with E-state index in [4.69, 9.17) is 27.6 Å². The molecule has 29 heavy (non-hydrogen) atoms. The minimum Gasteiger partial charge on any atom is -0.436 e. The van der Waals surface area contributed by atoms with Crippen LogP contribution in [-0.2, 0) is 10.0 Å². The highest BCUT2D eigenvalue weighted by atomic mass is 35.5. The zero-order chi connectivity index (χ0) is 20.8. The molecule has 1 aromatic heterocycles. The van der Waals surface area contributed by atoms with Gasteiger partial charge in [0.25, 0.3) is 10.0 Å². The van der Waals surface area contributed by atoms with Crippen LogP contribution < -0.4 is 4.72 Å². The third-order valence-corrected chi connectivity index (χ3v) is 6.76. The number of benzene rings is 3. The molecular formula is C21H16Cl2N2O3S. The van der Waals surface area contributed by atoms with Crippen molar-refractivity contribution in [2.45, 2.75) is 18.7 Å². The van der Waals surface area contributed by atoms with Crippen LogP contribution in [0.3, 0.4) is 0 Å². The molecule has 0 bridgehead atoms. The van der Waals surface area contributed by atoms with Gasteiger partial charge in [0.05, 0.1) is 15.5 Å². The fourth-order valence-electron chi connectivity index (χ4n) is 2.99. The summed E-state index contributed by atoms with van der Waals surface area (Å²) in [6, 6.07) is 15.2. The Bertz CT molecular complexity index is 1350. The number of oxazole rings is 1. The van der Waals surface area contributed by atoms with Crippen molar-refractivity contribution in [3.05, 3.63) is 75.8 Å². The minimum atomic E-state index is -3.84. The summed E-state index contributed by atoms with van der Waals surface area (Å²) in [5.41, 5.74) is 3.69. The number of nitrogens with one attached hydrogen (secondary N) is 1. The van der Waals surface area contributed by atoms with Crippen LogP contribution in [0, 0.1) is 13.8 Å². The average Bonchev–Trinajstić information content (AvgIpc) is 3.08. The molecule has 0 radical (unpaired) electrons. The first-order valence-electron chi connectivity index (χ1n) is 8.70. The molecule has 0 aliphatic carbocycles. The second-order valence-electron chi connectivity index (χ2n) is 6.65. The Kier molecular flexibility index (Phi) is 5.02. The van der Waals surface area contributed by atoms with E-state index in [1.807, 2.05) is 25.1 Å². The SMILES string of the molecule is Cc1ccc2oc(-c3cc(NS(=O)(=O)c4cccc(Cl)c4C)ccc3Cl)nc2c1. The van der Waals surface area contributed by atoms with Crippen molar-refractivity contribution >= 4 is 50.0 Å². The molecule has 0 spiro atoms. The predicted octanol–water partition coefficient (Wildman–Crippen LogP) is 6.22. The largest absolute Gasteiger partial charge is 0.436 e. The monoisotopic (exact) mass is 446 g/mol. The third kappa shape index (κ3) is 3.83. The number of hydrogen-bond donors (Lipinski definition) is 1. The zero-order valence-corrected chi connectivity index (χ0v) is 17.9. The van der Waals surface area contributed by atoms with Gasteiger partial charge in [-0.3, -0.25) is 4.72 Å². The Labute approximate surface area is 178 Å². The molecule has 0 saturated heterocycles. The average molecular weight is 447 g/mol. The second-order valence-corrected chi connectivity index (χ2v) is 9.12. The lowest BCUT2D eigenvalue weighted by Crippen LogP contribution is -2.14. The van der Waals surface area contributed by atoms with E-state index in [1.165, 1.54) is 6.07 Å². The number of aryl methyl sites for hydroxylation is 1. The van der Waals surface area contributed by atoms with Crippen LogP contribution >= 0.6 is 23.2 Å². The fourth-order valence-corrected chi connectivity index (χ4v) is 4.74. The van der Waals surface area contributed by atoms with Crippen molar-refractivity contribution < 1.29 is 12.8 Å². The number of nitrogens with zero attached hydrogens (tertiary/aromatic N) is 1. The molecule has 0 aliphatic rings. The molecule has 0 unspecified atom stereocenters. The van der Waals surface area contributed by atoms with Crippen LogP contribution in [0.4, 0.5) is 5.69 Å². The minimum absolute atomic E-state index is 0.110. The maximum absolute atomic E-state index is 12.8. The number of halogens is 2. The summed E-state index contributed by atoms with van der Waals surface area (Å²) >= 11 is 12.4. The molecule has 0 atom stereocenters. The molecule has 0 saturated carbocycles. The van der Waals surface area contributed by atoms with Crippen molar-refractivity contribution in [3.8, 4) is 11.5 Å². The van der Waals surface area contributed by atoms with Crippen LogP contribution in [0.15, 0.2) is 63.9 Å². The molecule has 0 fully saturated rings. The van der Waals surface area contributed by atoms with E-state index in [-0.39, 0.29) is 4.90 Å². The highest BCUT2D eigenvalue weighted by Crippen LogP contribution is 2.33. The Morgan fingerprint density at radius 3 is 2.55 bits per heavy atom. The molecule has 4 rings (SSSR count). The smallest absolute Gasteiger partial charge is 0.262 e. The van der Waals surface area contributed by atoms with E-state index >= 15 is 0 Å². The van der Waals surface area contributed by atoms with Gasteiger partial charge in [0.15, 0.2) is 5.58 Å². The first kappa shape index (κ1) is 19.8. The molecule has 3 aromatic carbocycles.